The van der Waals surface area contributed by atoms with Gasteiger partial charge in [0.05, 0.1) is 0 Å². The van der Waals surface area contributed by atoms with Gasteiger partial charge in [0.1, 0.15) is 0 Å². The Labute approximate surface area is 120 Å². The first-order valence-electron chi connectivity index (χ1n) is 8.55. The van der Waals surface area contributed by atoms with E-state index in [0.29, 0.717) is 6.04 Å². The Morgan fingerprint density at radius 3 is 2.42 bits per heavy atom. The third kappa shape index (κ3) is 3.72. The van der Waals surface area contributed by atoms with E-state index in [1.165, 1.54) is 51.4 Å². The molecule has 2 heteroatoms. The van der Waals surface area contributed by atoms with Crippen molar-refractivity contribution in [1.29, 1.82) is 0 Å². The molecule has 0 aromatic heterocycles. The smallest absolute Gasteiger partial charge is 0.0246 e. The number of rotatable bonds is 4. The number of nitrogens with zero attached hydrogens (tertiary/aromatic N) is 1. The lowest BCUT2D eigenvalue weighted by molar-refractivity contribution is 0.0524. The molecule has 0 amide bonds. The molecule has 0 aromatic carbocycles. The number of hydrogen-bond acceptors (Lipinski definition) is 2. The fourth-order valence-corrected chi connectivity index (χ4v) is 4.67. The minimum absolute atomic E-state index is 0.619. The lowest BCUT2D eigenvalue weighted by atomic mass is 9.76. The van der Waals surface area contributed by atoms with E-state index >= 15 is 0 Å². The summed E-state index contributed by atoms with van der Waals surface area (Å²) in [7, 11) is 2.35. The Morgan fingerprint density at radius 2 is 1.79 bits per heavy atom. The first-order valence-corrected chi connectivity index (χ1v) is 8.55. The van der Waals surface area contributed by atoms with Crippen LogP contribution >= 0.6 is 0 Å². The zero-order valence-electron chi connectivity index (χ0n) is 13.3. The first-order chi connectivity index (χ1) is 9.13. The molecule has 0 aromatic rings. The van der Waals surface area contributed by atoms with E-state index in [-0.39, 0.29) is 0 Å². The van der Waals surface area contributed by atoms with Gasteiger partial charge in [-0.1, -0.05) is 39.5 Å². The van der Waals surface area contributed by atoms with Gasteiger partial charge in [0.15, 0.2) is 0 Å². The van der Waals surface area contributed by atoms with Crippen molar-refractivity contribution in [3.63, 3.8) is 0 Å². The van der Waals surface area contributed by atoms with Gasteiger partial charge in [0.2, 0.25) is 0 Å². The average Bonchev–Trinajstić information content (AvgIpc) is 2.40. The largest absolute Gasteiger partial charge is 0.329 e. The molecule has 2 nitrogen and oxygen atoms in total. The Kier molecular flexibility index (Phi) is 5.70. The van der Waals surface area contributed by atoms with E-state index < -0.39 is 0 Å². The predicted molar refractivity (Wildman–Crippen MR) is 83.1 cm³/mol. The summed E-state index contributed by atoms with van der Waals surface area (Å²) in [6, 6.07) is 1.40. The highest BCUT2D eigenvalue weighted by Crippen LogP contribution is 2.35. The van der Waals surface area contributed by atoms with E-state index in [2.05, 4.69) is 25.8 Å². The van der Waals surface area contributed by atoms with Crippen molar-refractivity contribution in [2.24, 2.45) is 23.5 Å². The zero-order chi connectivity index (χ0) is 13.8. The van der Waals surface area contributed by atoms with Crippen LogP contribution in [0.1, 0.15) is 65.2 Å². The Hall–Kier alpha value is -0.0800. The van der Waals surface area contributed by atoms with Crippen molar-refractivity contribution >= 4 is 0 Å². The van der Waals surface area contributed by atoms with Gasteiger partial charge in [0, 0.05) is 18.6 Å². The molecular weight excluding hydrogens is 232 g/mol. The van der Waals surface area contributed by atoms with Crippen LogP contribution in [-0.4, -0.2) is 30.6 Å². The molecule has 2 rings (SSSR count). The first kappa shape index (κ1) is 15.3. The van der Waals surface area contributed by atoms with Gasteiger partial charge in [-0.05, 0) is 50.5 Å². The van der Waals surface area contributed by atoms with Crippen molar-refractivity contribution in [2.45, 2.75) is 77.3 Å². The summed E-state index contributed by atoms with van der Waals surface area (Å²) in [5.41, 5.74) is 6.16. The summed E-state index contributed by atoms with van der Waals surface area (Å²) in [5, 5.41) is 0. The molecule has 5 unspecified atom stereocenters. The van der Waals surface area contributed by atoms with Gasteiger partial charge in [-0.2, -0.15) is 0 Å². The summed E-state index contributed by atoms with van der Waals surface area (Å²) >= 11 is 0. The molecule has 0 bridgehead atoms. The monoisotopic (exact) mass is 266 g/mol. The highest BCUT2D eigenvalue weighted by molar-refractivity contribution is 4.89. The van der Waals surface area contributed by atoms with Gasteiger partial charge in [0.25, 0.3) is 0 Å². The van der Waals surface area contributed by atoms with Crippen molar-refractivity contribution in [2.75, 3.05) is 13.6 Å². The predicted octanol–water partition coefficient (Wildman–Crippen LogP) is 3.65. The van der Waals surface area contributed by atoms with E-state index in [1.54, 1.807) is 0 Å². The summed E-state index contributed by atoms with van der Waals surface area (Å²) < 4.78 is 0. The number of nitrogens with two attached hydrogens (primary N) is 1. The summed E-state index contributed by atoms with van der Waals surface area (Å²) in [4.78, 5) is 2.67. The Bertz CT molecular complexity index is 266. The summed E-state index contributed by atoms with van der Waals surface area (Å²) in [5.74, 6) is 2.60. The molecule has 2 N–H and O–H groups in total. The maximum absolute atomic E-state index is 6.16. The SMILES string of the molecule is CC1CCCC(C(CN)N(C)C2CCCCC2C)C1. The molecule has 0 spiro atoms. The fourth-order valence-electron chi connectivity index (χ4n) is 4.67. The van der Waals surface area contributed by atoms with Gasteiger partial charge in [-0.25, -0.2) is 0 Å². The third-order valence-corrected chi connectivity index (χ3v) is 5.88. The molecule has 2 aliphatic rings. The molecular formula is C17H34N2. The lowest BCUT2D eigenvalue weighted by Crippen LogP contribution is -2.52. The highest BCUT2D eigenvalue weighted by atomic mass is 15.2. The summed E-state index contributed by atoms with van der Waals surface area (Å²) in [6.45, 7) is 5.71. The normalized spacial score (nSPS) is 38.4. The van der Waals surface area contributed by atoms with E-state index in [4.69, 9.17) is 5.73 Å². The van der Waals surface area contributed by atoms with Crippen LogP contribution in [0.2, 0.25) is 0 Å². The third-order valence-electron chi connectivity index (χ3n) is 5.88. The molecule has 5 atom stereocenters. The standard InChI is InChI=1S/C17H34N2/c1-13-7-6-9-15(11-13)17(12-18)19(3)16-10-5-4-8-14(16)2/h13-17H,4-12,18H2,1-3H3. The quantitative estimate of drug-likeness (QED) is 0.841. The second kappa shape index (κ2) is 7.08. The minimum Gasteiger partial charge on any atom is -0.329 e. The number of likely N-dealkylation sites (N-methyl/N-ethyl adjacent to an activating group) is 1. The minimum atomic E-state index is 0.619. The molecule has 2 fully saturated rings. The molecule has 0 heterocycles. The molecule has 2 saturated carbocycles. The molecule has 19 heavy (non-hydrogen) atoms. The molecule has 112 valence electrons. The molecule has 0 aliphatic heterocycles. The van der Waals surface area contributed by atoms with Gasteiger partial charge >= 0.3 is 0 Å². The van der Waals surface area contributed by atoms with Gasteiger partial charge in [-0.3, -0.25) is 4.90 Å². The highest BCUT2D eigenvalue weighted by Gasteiger charge is 2.34. The van der Waals surface area contributed by atoms with Crippen LogP contribution in [0.5, 0.6) is 0 Å². The average molecular weight is 266 g/mol. The van der Waals surface area contributed by atoms with E-state index in [1.807, 2.05) is 0 Å². The fraction of sp³-hybridized carbons (Fsp3) is 1.00. The van der Waals surface area contributed by atoms with E-state index in [9.17, 15) is 0 Å². The lowest BCUT2D eigenvalue weighted by Gasteiger charge is -2.45. The van der Waals surface area contributed by atoms with Crippen LogP contribution in [0.4, 0.5) is 0 Å². The van der Waals surface area contributed by atoms with Crippen LogP contribution in [0.15, 0.2) is 0 Å². The van der Waals surface area contributed by atoms with Crippen LogP contribution in [0.25, 0.3) is 0 Å². The van der Waals surface area contributed by atoms with Crippen molar-refractivity contribution < 1.29 is 0 Å². The van der Waals surface area contributed by atoms with E-state index in [0.717, 1.165) is 30.3 Å². The van der Waals surface area contributed by atoms with Gasteiger partial charge in [-0.15, -0.1) is 0 Å². The molecule has 0 radical (unpaired) electrons. The topological polar surface area (TPSA) is 29.3 Å². The second-order valence-electron chi connectivity index (χ2n) is 7.33. The van der Waals surface area contributed by atoms with Crippen LogP contribution < -0.4 is 5.73 Å². The Morgan fingerprint density at radius 1 is 1.05 bits per heavy atom. The molecule has 0 saturated heterocycles. The maximum Gasteiger partial charge on any atom is 0.0246 e. The number of hydrogen-bond donors (Lipinski definition) is 1. The van der Waals surface area contributed by atoms with Crippen molar-refractivity contribution in [3.8, 4) is 0 Å². The van der Waals surface area contributed by atoms with Crippen LogP contribution in [0, 0.1) is 17.8 Å². The zero-order valence-corrected chi connectivity index (χ0v) is 13.3. The van der Waals surface area contributed by atoms with Crippen LogP contribution in [-0.2, 0) is 0 Å². The van der Waals surface area contributed by atoms with Crippen LogP contribution in [0.3, 0.4) is 0 Å². The molecule has 2 aliphatic carbocycles. The Balaban J connectivity index is 1.99. The second-order valence-corrected chi connectivity index (χ2v) is 7.33. The van der Waals surface area contributed by atoms with Gasteiger partial charge < -0.3 is 5.73 Å². The van der Waals surface area contributed by atoms with Crippen molar-refractivity contribution in [3.05, 3.63) is 0 Å². The maximum atomic E-state index is 6.16. The summed E-state index contributed by atoms with van der Waals surface area (Å²) in [6.07, 6.45) is 11.3. The van der Waals surface area contributed by atoms with Crippen molar-refractivity contribution in [1.82, 2.24) is 4.90 Å².